The molecule has 0 aliphatic carbocycles. The SMILES string of the molecule is CCn1c(SCC(=O)NC(C)COC)nnc1-c1ccc(C(C)(C)C)cc1. The second-order valence-corrected chi connectivity index (χ2v) is 8.53. The second kappa shape index (κ2) is 9.37. The summed E-state index contributed by atoms with van der Waals surface area (Å²) < 4.78 is 7.08. The molecule has 27 heavy (non-hydrogen) atoms. The van der Waals surface area contributed by atoms with E-state index in [2.05, 4.69) is 67.5 Å². The Kier molecular flexibility index (Phi) is 7.44. The van der Waals surface area contributed by atoms with Gasteiger partial charge in [-0.3, -0.25) is 4.79 Å². The maximum absolute atomic E-state index is 12.1. The molecule has 2 aromatic rings. The van der Waals surface area contributed by atoms with Crippen LogP contribution in [0.2, 0.25) is 0 Å². The number of nitrogens with zero attached hydrogens (tertiary/aromatic N) is 3. The second-order valence-electron chi connectivity index (χ2n) is 7.59. The van der Waals surface area contributed by atoms with Gasteiger partial charge in [0.15, 0.2) is 11.0 Å². The van der Waals surface area contributed by atoms with Crippen molar-refractivity contribution >= 4 is 17.7 Å². The third kappa shape index (κ3) is 5.81. The molecule has 1 N–H and O–H groups in total. The van der Waals surface area contributed by atoms with Gasteiger partial charge in [0.1, 0.15) is 0 Å². The fraction of sp³-hybridized carbons (Fsp3) is 0.550. The molecule has 1 amide bonds. The average molecular weight is 391 g/mol. The normalized spacial score (nSPS) is 12.8. The van der Waals surface area contributed by atoms with Gasteiger partial charge >= 0.3 is 0 Å². The number of thioether (sulfide) groups is 1. The number of carbonyl (C=O) groups excluding carboxylic acids is 1. The van der Waals surface area contributed by atoms with Crippen molar-refractivity contribution in [1.29, 1.82) is 0 Å². The van der Waals surface area contributed by atoms with E-state index in [0.717, 1.165) is 23.1 Å². The van der Waals surface area contributed by atoms with E-state index in [9.17, 15) is 4.79 Å². The minimum absolute atomic E-state index is 0.0102. The molecule has 148 valence electrons. The highest BCUT2D eigenvalue weighted by atomic mass is 32.2. The van der Waals surface area contributed by atoms with Gasteiger partial charge in [0.05, 0.1) is 12.4 Å². The summed E-state index contributed by atoms with van der Waals surface area (Å²) in [5.74, 6) is 1.09. The molecule has 0 aliphatic rings. The summed E-state index contributed by atoms with van der Waals surface area (Å²) in [5, 5.41) is 12.3. The van der Waals surface area contributed by atoms with Crippen molar-refractivity contribution in [3.8, 4) is 11.4 Å². The summed E-state index contributed by atoms with van der Waals surface area (Å²) in [5.41, 5.74) is 2.43. The first-order chi connectivity index (χ1) is 12.8. The first-order valence-corrected chi connectivity index (χ1v) is 10.2. The van der Waals surface area contributed by atoms with E-state index in [1.807, 2.05) is 11.5 Å². The van der Waals surface area contributed by atoms with Crippen LogP contribution in [0.25, 0.3) is 11.4 Å². The van der Waals surface area contributed by atoms with Gasteiger partial charge in [-0.1, -0.05) is 56.8 Å². The molecular formula is C20H30N4O2S. The Morgan fingerprint density at radius 2 is 1.93 bits per heavy atom. The fourth-order valence-corrected chi connectivity index (χ4v) is 3.57. The molecule has 1 atom stereocenters. The molecule has 1 unspecified atom stereocenters. The first kappa shape index (κ1) is 21.4. The van der Waals surface area contributed by atoms with Crippen LogP contribution in [0.3, 0.4) is 0 Å². The zero-order chi connectivity index (χ0) is 20.0. The average Bonchev–Trinajstić information content (AvgIpc) is 3.02. The Morgan fingerprint density at radius 3 is 2.48 bits per heavy atom. The maximum atomic E-state index is 12.1. The molecule has 0 saturated carbocycles. The molecule has 0 radical (unpaired) electrons. The van der Waals surface area contributed by atoms with E-state index in [1.165, 1.54) is 17.3 Å². The van der Waals surface area contributed by atoms with Gasteiger partial charge in [0.25, 0.3) is 0 Å². The van der Waals surface area contributed by atoms with Crippen molar-refractivity contribution < 1.29 is 9.53 Å². The van der Waals surface area contributed by atoms with Crippen LogP contribution in [0.4, 0.5) is 0 Å². The van der Waals surface area contributed by atoms with E-state index in [0.29, 0.717) is 12.4 Å². The standard InChI is InChI=1S/C20H30N4O2S/c1-7-24-18(15-8-10-16(11-9-15)20(3,4)5)22-23-19(24)27-13-17(25)21-14(2)12-26-6/h8-11,14H,7,12-13H2,1-6H3,(H,21,25). The Morgan fingerprint density at radius 1 is 1.26 bits per heavy atom. The monoisotopic (exact) mass is 390 g/mol. The summed E-state index contributed by atoms with van der Waals surface area (Å²) >= 11 is 1.40. The minimum Gasteiger partial charge on any atom is -0.383 e. The number of benzene rings is 1. The number of aromatic nitrogens is 3. The third-order valence-electron chi connectivity index (χ3n) is 4.20. The highest BCUT2D eigenvalue weighted by molar-refractivity contribution is 7.99. The summed E-state index contributed by atoms with van der Waals surface area (Å²) in [4.78, 5) is 12.1. The van der Waals surface area contributed by atoms with E-state index in [1.54, 1.807) is 7.11 Å². The molecule has 1 aromatic heterocycles. The zero-order valence-electron chi connectivity index (χ0n) is 17.1. The number of rotatable bonds is 8. The minimum atomic E-state index is -0.0358. The van der Waals surface area contributed by atoms with E-state index in [-0.39, 0.29) is 17.4 Å². The lowest BCUT2D eigenvalue weighted by Crippen LogP contribution is -2.36. The van der Waals surface area contributed by atoms with Crippen LogP contribution in [0.15, 0.2) is 29.4 Å². The highest BCUT2D eigenvalue weighted by Crippen LogP contribution is 2.27. The molecular weight excluding hydrogens is 360 g/mol. The van der Waals surface area contributed by atoms with Gasteiger partial charge in [-0.2, -0.15) is 0 Å². The van der Waals surface area contributed by atoms with E-state index in [4.69, 9.17) is 4.74 Å². The van der Waals surface area contributed by atoms with Crippen molar-refractivity contribution in [3.63, 3.8) is 0 Å². The van der Waals surface area contributed by atoms with Crippen LogP contribution in [-0.2, 0) is 21.5 Å². The van der Waals surface area contributed by atoms with Crippen molar-refractivity contribution in [1.82, 2.24) is 20.1 Å². The first-order valence-electron chi connectivity index (χ1n) is 9.21. The Hall–Kier alpha value is -1.86. The molecule has 1 heterocycles. The lowest BCUT2D eigenvalue weighted by molar-refractivity contribution is -0.119. The quantitative estimate of drug-likeness (QED) is 0.699. The van der Waals surface area contributed by atoms with Gasteiger partial charge in [0, 0.05) is 25.3 Å². The van der Waals surface area contributed by atoms with Gasteiger partial charge < -0.3 is 14.6 Å². The third-order valence-corrected chi connectivity index (χ3v) is 5.17. The number of amides is 1. The van der Waals surface area contributed by atoms with Crippen molar-refractivity contribution in [2.75, 3.05) is 19.5 Å². The molecule has 0 aliphatic heterocycles. The topological polar surface area (TPSA) is 69.0 Å². The molecule has 0 spiro atoms. The molecule has 0 fully saturated rings. The van der Waals surface area contributed by atoms with Crippen molar-refractivity contribution in [3.05, 3.63) is 29.8 Å². The number of nitrogens with one attached hydrogen (secondary N) is 1. The number of hydrogen-bond acceptors (Lipinski definition) is 5. The van der Waals surface area contributed by atoms with Crippen molar-refractivity contribution in [2.24, 2.45) is 0 Å². The predicted molar refractivity (Wildman–Crippen MR) is 110 cm³/mol. The molecule has 7 heteroatoms. The van der Waals surface area contributed by atoms with Gasteiger partial charge in [-0.05, 0) is 24.8 Å². The van der Waals surface area contributed by atoms with Crippen LogP contribution in [0.1, 0.15) is 40.2 Å². The van der Waals surface area contributed by atoms with Gasteiger partial charge in [0.2, 0.25) is 5.91 Å². The van der Waals surface area contributed by atoms with Gasteiger partial charge in [-0.25, -0.2) is 0 Å². The zero-order valence-corrected chi connectivity index (χ0v) is 17.9. The van der Waals surface area contributed by atoms with Crippen LogP contribution < -0.4 is 5.32 Å². The largest absolute Gasteiger partial charge is 0.383 e. The van der Waals surface area contributed by atoms with E-state index < -0.39 is 0 Å². The predicted octanol–water partition coefficient (Wildman–Crippen LogP) is 3.51. The highest BCUT2D eigenvalue weighted by Gasteiger charge is 2.17. The molecule has 6 nitrogen and oxygen atoms in total. The maximum Gasteiger partial charge on any atom is 0.230 e. The van der Waals surface area contributed by atoms with Crippen LogP contribution in [0.5, 0.6) is 0 Å². The van der Waals surface area contributed by atoms with Crippen LogP contribution >= 0.6 is 11.8 Å². The van der Waals surface area contributed by atoms with Crippen LogP contribution in [0, 0.1) is 0 Å². The smallest absolute Gasteiger partial charge is 0.230 e. The summed E-state index contributed by atoms with van der Waals surface area (Å²) in [6.07, 6.45) is 0. The van der Waals surface area contributed by atoms with Crippen LogP contribution in [-0.4, -0.2) is 46.2 Å². The summed E-state index contributed by atoms with van der Waals surface area (Å²) in [6.45, 7) is 11.8. The molecule has 1 aromatic carbocycles. The summed E-state index contributed by atoms with van der Waals surface area (Å²) in [7, 11) is 1.62. The molecule has 0 bridgehead atoms. The Balaban J connectivity index is 2.09. The molecule has 0 saturated heterocycles. The van der Waals surface area contributed by atoms with E-state index >= 15 is 0 Å². The number of carbonyl (C=O) groups is 1. The Labute approximate surface area is 166 Å². The Bertz CT molecular complexity index is 750. The number of methoxy groups -OCH3 is 1. The fourth-order valence-electron chi connectivity index (χ4n) is 2.75. The van der Waals surface area contributed by atoms with Gasteiger partial charge in [-0.15, -0.1) is 10.2 Å². The van der Waals surface area contributed by atoms with Crippen molar-refractivity contribution in [2.45, 2.75) is 57.8 Å². The lowest BCUT2D eigenvalue weighted by Gasteiger charge is -2.19. The summed E-state index contributed by atoms with van der Waals surface area (Å²) in [6, 6.07) is 8.45. The molecule has 2 rings (SSSR count). The number of hydrogen-bond donors (Lipinski definition) is 1. The number of ether oxygens (including phenoxy) is 1. The lowest BCUT2D eigenvalue weighted by atomic mass is 9.87.